The van der Waals surface area contributed by atoms with Gasteiger partial charge in [0.1, 0.15) is 5.60 Å². The van der Waals surface area contributed by atoms with Crippen molar-refractivity contribution in [2.24, 2.45) is 5.92 Å². The lowest BCUT2D eigenvalue weighted by Gasteiger charge is -2.41. The molecule has 4 heterocycles. The van der Waals surface area contributed by atoms with Crippen LogP contribution in [0.25, 0.3) is 0 Å². The molecule has 0 bridgehead atoms. The number of likely N-dealkylation sites (tertiary alicyclic amines) is 2. The molecule has 0 amide bonds. The number of nitrogens with zero attached hydrogens (tertiary/aromatic N) is 2. The molecule has 0 saturated carbocycles. The van der Waals surface area contributed by atoms with E-state index in [1.165, 1.54) is 46.8 Å². The van der Waals surface area contributed by atoms with Crippen LogP contribution in [0, 0.1) is 5.92 Å². The van der Waals surface area contributed by atoms with Crippen molar-refractivity contribution in [3.05, 3.63) is 51.9 Å². The van der Waals surface area contributed by atoms with E-state index in [1.54, 1.807) is 11.3 Å². The number of thiophene rings is 1. The number of rotatable bonds is 2. The monoisotopic (exact) mass is 428 g/mol. The van der Waals surface area contributed by atoms with Crippen LogP contribution in [0.5, 0.6) is 0 Å². The van der Waals surface area contributed by atoms with Gasteiger partial charge in [0.25, 0.3) is 0 Å². The molecule has 3 nitrogen and oxygen atoms in total. The second-order valence-electron chi connectivity index (χ2n) is 9.25. The minimum atomic E-state index is -0.846. The lowest BCUT2D eigenvalue weighted by Crippen LogP contribution is -2.43. The zero-order valence-corrected chi connectivity index (χ0v) is 19.2. The summed E-state index contributed by atoms with van der Waals surface area (Å²) < 4.78 is 1.31. The van der Waals surface area contributed by atoms with Crippen molar-refractivity contribution in [3.8, 4) is 0 Å². The van der Waals surface area contributed by atoms with Crippen LogP contribution in [0.2, 0.25) is 0 Å². The summed E-state index contributed by atoms with van der Waals surface area (Å²) in [5.41, 5.74) is 4.33. The fraction of sp³-hybridized carbons (Fsp3) is 0.583. The van der Waals surface area contributed by atoms with Crippen molar-refractivity contribution >= 4 is 23.1 Å². The second kappa shape index (κ2) is 8.01. The maximum atomic E-state index is 12.4. The second-order valence-corrected chi connectivity index (χ2v) is 11.4. The van der Waals surface area contributed by atoms with Crippen molar-refractivity contribution in [2.45, 2.75) is 47.2 Å². The Labute approximate surface area is 183 Å². The molecule has 2 saturated heterocycles. The molecule has 0 aliphatic carbocycles. The van der Waals surface area contributed by atoms with E-state index in [-0.39, 0.29) is 0 Å². The Morgan fingerprint density at radius 3 is 2.34 bits per heavy atom. The van der Waals surface area contributed by atoms with Crippen LogP contribution < -0.4 is 0 Å². The molecule has 29 heavy (non-hydrogen) atoms. The van der Waals surface area contributed by atoms with Gasteiger partial charge >= 0.3 is 0 Å². The van der Waals surface area contributed by atoms with E-state index >= 15 is 0 Å². The Morgan fingerprint density at radius 1 is 0.931 bits per heavy atom. The molecule has 5 heteroatoms. The fourth-order valence-electron chi connectivity index (χ4n) is 5.55. The summed E-state index contributed by atoms with van der Waals surface area (Å²) in [6.07, 6.45) is 4.61. The van der Waals surface area contributed by atoms with Gasteiger partial charge in [-0.25, -0.2) is 0 Å². The predicted molar refractivity (Wildman–Crippen MR) is 123 cm³/mol. The molecule has 3 aliphatic heterocycles. The highest BCUT2D eigenvalue weighted by molar-refractivity contribution is 8.00. The van der Waals surface area contributed by atoms with Crippen molar-refractivity contribution in [1.29, 1.82) is 0 Å². The quantitative estimate of drug-likeness (QED) is 0.747. The van der Waals surface area contributed by atoms with Gasteiger partial charge in [0, 0.05) is 11.3 Å². The first-order valence-electron chi connectivity index (χ1n) is 11.0. The third kappa shape index (κ3) is 3.59. The molecule has 3 aliphatic rings. The van der Waals surface area contributed by atoms with Gasteiger partial charge in [0.15, 0.2) is 0 Å². The average molecular weight is 429 g/mol. The van der Waals surface area contributed by atoms with Crippen LogP contribution in [0.15, 0.2) is 33.9 Å². The zero-order chi connectivity index (χ0) is 20.0. The molecule has 1 N–H and O–H groups in total. The summed E-state index contributed by atoms with van der Waals surface area (Å²) in [5, 5.41) is 14.5. The fourth-order valence-corrected chi connectivity index (χ4v) is 7.74. The molecular formula is C24H32N2OS2. The Morgan fingerprint density at radius 2 is 1.62 bits per heavy atom. The molecule has 0 spiro atoms. The van der Waals surface area contributed by atoms with Crippen LogP contribution in [-0.4, -0.2) is 55.2 Å². The van der Waals surface area contributed by atoms with Crippen molar-refractivity contribution in [1.82, 2.24) is 9.80 Å². The summed E-state index contributed by atoms with van der Waals surface area (Å²) in [6.45, 7) is 4.52. The van der Waals surface area contributed by atoms with Gasteiger partial charge in [0.05, 0.1) is 4.21 Å². The first kappa shape index (κ1) is 20.1. The molecule has 156 valence electrons. The molecular weight excluding hydrogens is 396 g/mol. The number of piperidine rings is 2. The Balaban J connectivity index is 1.54. The number of hydrogen-bond donors (Lipinski definition) is 1. The standard InChI is InChI=1S/C24H32N2OS2/c1-25-10-5-17(6-11-25)18-3-4-21-19(15-18)16-29-23-22(9-14-28-23)24(21,27)20-7-12-26(2)13-8-20/h3-4,9,14-15,17,20,27H,5-8,10-13,16H2,1-2H3/t24-/m1/s1. The maximum absolute atomic E-state index is 12.4. The highest BCUT2D eigenvalue weighted by Crippen LogP contribution is 2.51. The van der Waals surface area contributed by atoms with E-state index in [1.807, 2.05) is 11.8 Å². The summed E-state index contributed by atoms with van der Waals surface area (Å²) in [6, 6.07) is 9.24. The summed E-state index contributed by atoms with van der Waals surface area (Å²) in [4.78, 5) is 4.83. The number of aliphatic hydroxyl groups is 1. The molecule has 1 aromatic heterocycles. The minimum Gasteiger partial charge on any atom is -0.380 e. The molecule has 0 unspecified atom stereocenters. The number of benzene rings is 1. The summed E-state index contributed by atoms with van der Waals surface area (Å²) in [5.74, 6) is 1.92. The molecule has 1 atom stereocenters. The van der Waals surface area contributed by atoms with E-state index in [4.69, 9.17) is 0 Å². The summed E-state index contributed by atoms with van der Waals surface area (Å²) in [7, 11) is 4.42. The van der Waals surface area contributed by atoms with Gasteiger partial charge in [-0.05, 0) is 106 Å². The van der Waals surface area contributed by atoms with E-state index < -0.39 is 5.60 Å². The SMILES string of the molecule is CN1CCC(c2ccc3c(c2)CSc2sccc2[C@@]3(O)C2CCN(C)CC2)CC1. The highest BCUT2D eigenvalue weighted by Gasteiger charge is 2.45. The minimum absolute atomic E-state index is 0.290. The topological polar surface area (TPSA) is 26.7 Å². The van der Waals surface area contributed by atoms with Crippen molar-refractivity contribution < 1.29 is 5.11 Å². The molecule has 0 radical (unpaired) electrons. The third-order valence-corrected chi connectivity index (χ3v) is 9.72. The first-order chi connectivity index (χ1) is 14.1. The smallest absolute Gasteiger partial charge is 0.120 e. The van der Waals surface area contributed by atoms with Gasteiger partial charge in [-0.3, -0.25) is 0 Å². The van der Waals surface area contributed by atoms with Gasteiger partial charge < -0.3 is 14.9 Å². The van der Waals surface area contributed by atoms with Crippen LogP contribution in [-0.2, 0) is 11.4 Å². The number of fused-ring (bicyclic) bond motifs is 2. The van der Waals surface area contributed by atoms with Crippen LogP contribution in [0.4, 0.5) is 0 Å². The first-order valence-corrected chi connectivity index (χ1v) is 12.9. The van der Waals surface area contributed by atoms with E-state index in [0.29, 0.717) is 11.8 Å². The van der Waals surface area contributed by atoms with E-state index in [2.05, 4.69) is 53.5 Å². The Kier molecular flexibility index (Phi) is 5.54. The molecule has 2 fully saturated rings. The zero-order valence-electron chi connectivity index (χ0n) is 17.6. The maximum Gasteiger partial charge on any atom is 0.120 e. The molecule has 5 rings (SSSR count). The predicted octanol–water partition coefficient (Wildman–Crippen LogP) is 4.74. The number of hydrogen-bond acceptors (Lipinski definition) is 5. The van der Waals surface area contributed by atoms with Crippen LogP contribution >= 0.6 is 23.1 Å². The van der Waals surface area contributed by atoms with Gasteiger partial charge in [-0.2, -0.15) is 0 Å². The van der Waals surface area contributed by atoms with Crippen LogP contribution in [0.3, 0.4) is 0 Å². The third-order valence-electron chi connectivity index (χ3n) is 7.44. The summed E-state index contributed by atoms with van der Waals surface area (Å²) >= 11 is 3.72. The van der Waals surface area contributed by atoms with Crippen molar-refractivity contribution in [3.63, 3.8) is 0 Å². The van der Waals surface area contributed by atoms with Gasteiger partial charge in [-0.15, -0.1) is 23.1 Å². The average Bonchev–Trinajstić information content (AvgIpc) is 3.18. The molecule has 1 aromatic carbocycles. The van der Waals surface area contributed by atoms with E-state index in [9.17, 15) is 5.11 Å². The lowest BCUT2D eigenvalue weighted by atomic mass is 9.71. The Hall–Kier alpha value is -0.850. The molecule has 2 aromatic rings. The van der Waals surface area contributed by atoms with Gasteiger partial charge in [0.2, 0.25) is 0 Å². The van der Waals surface area contributed by atoms with Crippen LogP contribution in [0.1, 0.15) is 53.9 Å². The number of thioether (sulfide) groups is 1. The van der Waals surface area contributed by atoms with Gasteiger partial charge in [-0.1, -0.05) is 18.2 Å². The largest absolute Gasteiger partial charge is 0.380 e. The van der Waals surface area contributed by atoms with Crippen molar-refractivity contribution in [2.75, 3.05) is 40.3 Å². The Bertz CT molecular complexity index is 866. The van der Waals surface area contributed by atoms with E-state index in [0.717, 1.165) is 37.2 Å². The highest BCUT2D eigenvalue weighted by atomic mass is 32.2. The lowest BCUT2D eigenvalue weighted by molar-refractivity contribution is -0.0126. The normalized spacial score (nSPS) is 27.4.